The number of rotatable bonds is 3. The maximum atomic E-state index is 10.5. The molecule has 0 aromatic heterocycles. The number of aliphatic carboxylic acids is 1. The molecule has 0 rings (SSSR count). The van der Waals surface area contributed by atoms with Crippen molar-refractivity contribution in [3.63, 3.8) is 0 Å². The van der Waals surface area contributed by atoms with E-state index in [1.807, 2.05) is 6.92 Å². The standard InChI is InChI=1S/C9H14O2/c1-5-6(2)7(3)8(4)9(10)11/h2,5H2,1,3-4H3,(H,10,11)/b8-7-. The number of hydrogen-bond donors (Lipinski definition) is 1. The van der Waals surface area contributed by atoms with Crippen LogP contribution in [-0.4, -0.2) is 11.1 Å². The molecule has 0 atom stereocenters. The predicted molar refractivity (Wildman–Crippen MR) is 45.4 cm³/mol. The third-order valence-corrected chi connectivity index (χ3v) is 1.84. The summed E-state index contributed by atoms with van der Waals surface area (Å²) < 4.78 is 0. The molecule has 0 aliphatic heterocycles. The van der Waals surface area contributed by atoms with Gasteiger partial charge in [0.15, 0.2) is 0 Å². The Kier molecular flexibility index (Phi) is 3.58. The highest BCUT2D eigenvalue weighted by molar-refractivity contribution is 5.87. The molecular formula is C9H14O2. The van der Waals surface area contributed by atoms with Crippen molar-refractivity contribution in [3.8, 4) is 0 Å². The lowest BCUT2D eigenvalue weighted by atomic mass is 10.0. The van der Waals surface area contributed by atoms with E-state index in [4.69, 9.17) is 5.11 Å². The summed E-state index contributed by atoms with van der Waals surface area (Å²) in [5.74, 6) is -0.864. The van der Waals surface area contributed by atoms with Crippen molar-refractivity contribution in [1.29, 1.82) is 0 Å². The molecule has 0 radical (unpaired) electrons. The Labute approximate surface area is 67.2 Å². The molecule has 0 heterocycles. The summed E-state index contributed by atoms with van der Waals surface area (Å²) >= 11 is 0. The summed E-state index contributed by atoms with van der Waals surface area (Å²) in [7, 11) is 0. The van der Waals surface area contributed by atoms with Crippen molar-refractivity contribution in [2.45, 2.75) is 27.2 Å². The molecule has 62 valence electrons. The first-order valence-corrected chi connectivity index (χ1v) is 3.59. The zero-order valence-corrected chi connectivity index (χ0v) is 7.27. The number of allylic oxidation sites excluding steroid dienone is 2. The molecular weight excluding hydrogens is 140 g/mol. The van der Waals surface area contributed by atoms with Crippen molar-refractivity contribution in [1.82, 2.24) is 0 Å². The van der Waals surface area contributed by atoms with E-state index in [2.05, 4.69) is 6.58 Å². The lowest BCUT2D eigenvalue weighted by molar-refractivity contribution is -0.132. The first-order chi connectivity index (χ1) is 5.00. The molecule has 1 N–H and O–H groups in total. The molecule has 0 aromatic rings. The van der Waals surface area contributed by atoms with E-state index in [-0.39, 0.29) is 0 Å². The van der Waals surface area contributed by atoms with E-state index < -0.39 is 5.97 Å². The van der Waals surface area contributed by atoms with E-state index in [1.54, 1.807) is 13.8 Å². The molecule has 2 nitrogen and oxygen atoms in total. The molecule has 0 aromatic carbocycles. The number of carboxylic acid groups (broad SMARTS) is 1. The minimum absolute atomic E-state index is 0.386. The van der Waals surface area contributed by atoms with E-state index in [9.17, 15) is 4.79 Å². The van der Waals surface area contributed by atoms with E-state index in [1.165, 1.54) is 0 Å². The summed E-state index contributed by atoms with van der Waals surface area (Å²) in [6, 6.07) is 0. The fraction of sp³-hybridized carbons (Fsp3) is 0.444. The Balaban J connectivity index is 4.66. The molecule has 0 unspecified atom stereocenters. The van der Waals surface area contributed by atoms with Crippen LogP contribution in [0.4, 0.5) is 0 Å². The molecule has 0 aliphatic carbocycles. The second-order valence-corrected chi connectivity index (χ2v) is 2.51. The van der Waals surface area contributed by atoms with Gasteiger partial charge in [-0.1, -0.05) is 19.1 Å². The molecule has 0 amide bonds. The third kappa shape index (κ3) is 2.58. The van der Waals surface area contributed by atoms with Gasteiger partial charge in [-0.2, -0.15) is 0 Å². The monoisotopic (exact) mass is 154 g/mol. The quantitative estimate of drug-likeness (QED) is 0.500. The van der Waals surface area contributed by atoms with Crippen molar-refractivity contribution in [2.24, 2.45) is 0 Å². The fourth-order valence-electron chi connectivity index (χ4n) is 0.691. The van der Waals surface area contributed by atoms with Gasteiger partial charge in [0.2, 0.25) is 0 Å². The van der Waals surface area contributed by atoms with Crippen molar-refractivity contribution < 1.29 is 9.90 Å². The Morgan fingerprint density at radius 2 is 1.82 bits per heavy atom. The van der Waals surface area contributed by atoms with Crippen LogP contribution >= 0.6 is 0 Å². The average Bonchev–Trinajstić information content (AvgIpc) is 2.00. The van der Waals surface area contributed by atoms with Crippen LogP contribution in [0.2, 0.25) is 0 Å². The molecule has 0 saturated carbocycles. The predicted octanol–water partition coefficient (Wildman–Crippen LogP) is 2.37. The lowest BCUT2D eigenvalue weighted by Gasteiger charge is -2.04. The zero-order valence-electron chi connectivity index (χ0n) is 7.27. The second kappa shape index (κ2) is 3.96. The van der Waals surface area contributed by atoms with E-state index >= 15 is 0 Å². The average molecular weight is 154 g/mol. The Bertz CT molecular complexity index is 212. The van der Waals surface area contributed by atoms with Crippen LogP contribution in [0.15, 0.2) is 23.3 Å². The van der Waals surface area contributed by atoms with E-state index in [0.717, 1.165) is 17.6 Å². The van der Waals surface area contributed by atoms with Gasteiger partial charge in [0.05, 0.1) is 0 Å². The second-order valence-electron chi connectivity index (χ2n) is 2.51. The van der Waals surface area contributed by atoms with Crippen LogP contribution in [0.25, 0.3) is 0 Å². The zero-order chi connectivity index (χ0) is 9.02. The smallest absolute Gasteiger partial charge is 0.331 e. The normalized spacial score (nSPS) is 12.3. The van der Waals surface area contributed by atoms with Gasteiger partial charge in [0, 0.05) is 5.57 Å². The first-order valence-electron chi connectivity index (χ1n) is 3.59. The van der Waals surface area contributed by atoms with E-state index in [0.29, 0.717) is 5.57 Å². The van der Waals surface area contributed by atoms with Crippen LogP contribution in [0.5, 0.6) is 0 Å². The molecule has 0 aliphatic rings. The highest BCUT2D eigenvalue weighted by Crippen LogP contribution is 2.14. The Hall–Kier alpha value is -1.05. The molecule has 0 saturated heterocycles. The van der Waals surface area contributed by atoms with Gasteiger partial charge in [-0.05, 0) is 25.8 Å². The van der Waals surface area contributed by atoms with Crippen molar-refractivity contribution >= 4 is 5.97 Å². The molecule has 2 heteroatoms. The lowest BCUT2D eigenvalue weighted by Crippen LogP contribution is -2.00. The molecule has 0 spiro atoms. The maximum absolute atomic E-state index is 10.5. The summed E-state index contributed by atoms with van der Waals surface area (Å²) in [5.41, 5.74) is 2.07. The van der Waals surface area contributed by atoms with Gasteiger partial charge < -0.3 is 5.11 Å². The van der Waals surface area contributed by atoms with Crippen molar-refractivity contribution in [3.05, 3.63) is 23.3 Å². The third-order valence-electron chi connectivity index (χ3n) is 1.84. The highest BCUT2D eigenvalue weighted by atomic mass is 16.4. The van der Waals surface area contributed by atoms with Crippen LogP contribution < -0.4 is 0 Å². The largest absolute Gasteiger partial charge is 0.478 e. The van der Waals surface area contributed by atoms with Gasteiger partial charge in [0.25, 0.3) is 0 Å². The maximum Gasteiger partial charge on any atom is 0.331 e. The van der Waals surface area contributed by atoms with Crippen LogP contribution in [0, 0.1) is 0 Å². The van der Waals surface area contributed by atoms with Gasteiger partial charge in [-0.15, -0.1) is 0 Å². The SMILES string of the molecule is C=C(CC)/C(C)=C(/C)C(=O)O. The summed E-state index contributed by atoms with van der Waals surface area (Å²) in [6.07, 6.45) is 0.802. The van der Waals surface area contributed by atoms with Gasteiger partial charge in [-0.3, -0.25) is 0 Å². The van der Waals surface area contributed by atoms with Gasteiger partial charge in [0.1, 0.15) is 0 Å². The fourth-order valence-corrected chi connectivity index (χ4v) is 0.691. The molecule has 0 bridgehead atoms. The minimum atomic E-state index is -0.864. The summed E-state index contributed by atoms with van der Waals surface area (Å²) in [4.78, 5) is 10.5. The van der Waals surface area contributed by atoms with Crippen LogP contribution in [0.3, 0.4) is 0 Å². The number of hydrogen-bond acceptors (Lipinski definition) is 1. The first kappa shape index (κ1) is 9.95. The van der Waals surface area contributed by atoms with Crippen molar-refractivity contribution in [2.75, 3.05) is 0 Å². The Morgan fingerprint density at radius 1 is 1.36 bits per heavy atom. The number of carbonyl (C=O) groups is 1. The topological polar surface area (TPSA) is 37.3 Å². The Morgan fingerprint density at radius 3 is 2.09 bits per heavy atom. The van der Waals surface area contributed by atoms with Gasteiger partial charge >= 0.3 is 5.97 Å². The summed E-state index contributed by atoms with van der Waals surface area (Å²) in [6.45, 7) is 9.10. The minimum Gasteiger partial charge on any atom is -0.478 e. The molecule has 0 fully saturated rings. The van der Waals surface area contributed by atoms with Crippen LogP contribution in [-0.2, 0) is 4.79 Å². The number of carboxylic acids is 1. The molecule has 11 heavy (non-hydrogen) atoms. The highest BCUT2D eigenvalue weighted by Gasteiger charge is 2.05. The summed E-state index contributed by atoms with van der Waals surface area (Å²) in [5, 5.41) is 8.60. The van der Waals surface area contributed by atoms with Gasteiger partial charge in [-0.25, -0.2) is 4.79 Å². The van der Waals surface area contributed by atoms with Crippen LogP contribution in [0.1, 0.15) is 27.2 Å².